The van der Waals surface area contributed by atoms with Crippen LogP contribution in [-0.4, -0.2) is 21.7 Å². The molecule has 1 saturated carbocycles. The number of rotatable bonds is 10. The van der Waals surface area contributed by atoms with Crippen molar-refractivity contribution in [1.82, 2.24) is 0 Å². The van der Waals surface area contributed by atoms with Crippen LogP contribution in [0.4, 0.5) is 22.7 Å². The van der Waals surface area contributed by atoms with Gasteiger partial charge in [-0.25, -0.2) is 0 Å². The van der Waals surface area contributed by atoms with Crippen LogP contribution < -0.4 is 15.0 Å². The molecule has 0 saturated heterocycles. The molecule has 0 radical (unpaired) electrons. The standard InChI is InChI=1S/C62H64N2Si2/c1-43-23-27-48(28-24-43)63(49-31-34-52(35-32-49)65(3,4)5)51-33-36-56-57(40-51)62(45-17-11-9-12-18-45,46-19-13-10-14-20-46)58-41-59(54-21-15-16-22-55(54)60(56)58)64(50-29-25-44(2)26-30-50)61-38-37-53(66(6,7)8)39-47(61)42-61/h9-36,39-41,47,58,60H,37-38,42H2,1-8H3. The number of anilines is 4. The molecule has 4 heteroatoms. The lowest BCUT2D eigenvalue weighted by Gasteiger charge is -2.45. The highest BCUT2D eigenvalue weighted by Crippen LogP contribution is 2.66. The molecule has 11 rings (SSSR count). The molecule has 0 spiro atoms. The quantitative estimate of drug-likeness (QED) is 0.126. The van der Waals surface area contributed by atoms with Gasteiger partial charge in [-0.15, -0.1) is 0 Å². The second-order valence-electron chi connectivity index (χ2n) is 21.9. The molecular formula is C62H64N2Si2. The van der Waals surface area contributed by atoms with Crippen LogP contribution in [0.5, 0.6) is 0 Å². The average Bonchev–Trinajstić information content (AvgIpc) is 3.98. The van der Waals surface area contributed by atoms with Gasteiger partial charge >= 0.3 is 0 Å². The van der Waals surface area contributed by atoms with E-state index in [9.17, 15) is 0 Å². The van der Waals surface area contributed by atoms with Gasteiger partial charge in [-0.2, -0.15) is 0 Å². The van der Waals surface area contributed by atoms with Crippen LogP contribution in [0.25, 0.3) is 5.70 Å². The molecule has 0 amide bonds. The molecule has 4 atom stereocenters. The van der Waals surface area contributed by atoms with E-state index >= 15 is 0 Å². The van der Waals surface area contributed by atoms with Gasteiger partial charge in [0.2, 0.25) is 0 Å². The van der Waals surface area contributed by atoms with E-state index in [0.29, 0.717) is 5.92 Å². The van der Waals surface area contributed by atoms with Crippen LogP contribution in [0.3, 0.4) is 0 Å². The maximum Gasteiger partial charge on any atom is 0.0775 e. The summed E-state index contributed by atoms with van der Waals surface area (Å²) in [6.07, 6.45) is 9.08. The molecule has 0 N–H and O–H groups in total. The molecule has 4 aliphatic carbocycles. The summed E-state index contributed by atoms with van der Waals surface area (Å²) in [7, 11) is -2.92. The van der Waals surface area contributed by atoms with E-state index in [2.05, 4.69) is 251 Å². The van der Waals surface area contributed by atoms with Crippen molar-refractivity contribution in [1.29, 1.82) is 0 Å². The maximum atomic E-state index is 2.85. The van der Waals surface area contributed by atoms with E-state index in [1.54, 1.807) is 5.20 Å². The molecule has 0 bridgehead atoms. The van der Waals surface area contributed by atoms with Crippen LogP contribution in [0.2, 0.25) is 39.3 Å². The van der Waals surface area contributed by atoms with Gasteiger partial charge in [-0.1, -0.05) is 200 Å². The summed E-state index contributed by atoms with van der Waals surface area (Å²) in [5, 5.41) is 3.22. The Morgan fingerprint density at radius 3 is 1.64 bits per heavy atom. The third-order valence-corrected chi connectivity index (χ3v) is 20.2. The number of allylic oxidation sites excluding steroid dienone is 2. The number of hydrogen-bond acceptors (Lipinski definition) is 2. The first-order chi connectivity index (χ1) is 31.8. The molecule has 4 aliphatic rings. The highest BCUT2D eigenvalue weighted by atomic mass is 28.3. The van der Waals surface area contributed by atoms with Gasteiger partial charge in [0.1, 0.15) is 0 Å². The molecule has 0 aliphatic heterocycles. The smallest absolute Gasteiger partial charge is 0.0775 e. The lowest BCUT2D eigenvalue weighted by atomic mass is 9.61. The van der Waals surface area contributed by atoms with Gasteiger partial charge in [0.15, 0.2) is 0 Å². The van der Waals surface area contributed by atoms with Crippen LogP contribution >= 0.6 is 0 Å². The Morgan fingerprint density at radius 2 is 1.06 bits per heavy atom. The molecule has 7 aromatic rings. The average molecular weight is 893 g/mol. The summed E-state index contributed by atoms with van der Waals surface area (Å²) < 4.78 is 0. The Hall–Kier alpha value is -5.95. The Morgan fingerprint density at radius 1 is 0.515 bits per heavy atom. The zero-order valence-electron chi connectivity index (χ0n) is 40.1. The molecule has 4 unspecified atom stereocenters. The first-order valence-electron chi connectivity index (χ1n) is 24.4. The van der Waals surface area contributed by atoms with E-state index in [1.165, 1.54) is 97.4 Å². The van der Waals surface area contributed by atoms with Gasteiger partial charge < -0.3 is 9.80 Å². The first-order valence-corrected chi connectivity index (χ1v) is 31.4. The molecule has 2 nitrogen and oxygen atoms in total. The van der Waals surface area contributed by atoms with Crippen molar-refractivity contribution in [2.75, 3.05) is 9.80 Å². The van der Waals surface area contributed by atoms with Crippen molar-refractivity contribution >= 4 is 49.8 Å². The lowest BCUT2D eigenvalue weighted by molar-refractivity contribution is 0.446. The normalized spacial score (nSPS) is 21.4. The SMILES string of the molecule is Cc1ccc(N(c2ccc([Si](C)(C)C)cc2)c2ccc3c(c2)C(c2ccccc2)(c2ccccc2)C2C=C(N(c4ccc(C)cc4)C45CCC([Si](C)(C)C)=CC4C5)c4ccccc4C32)cc1. The van der Waals surface area contributed by atoms with Crippen LogP contribution in [0.15, 0.2) is 193 Å². The van der Waals surface area contributed by atoms with Crippen LogP contribution in [0, 0.1) is 25.7 Å². The van der Waals surface area contributed by atoms with Crippen molar-refractivity contribution < 1.29 is 0 Å². The number of nitrogens with zero attached hydrogens (tertiary/aromatic N) is 2. The molecular weight excluding hydrogens is 829 g/mol. The number of hydrogen-bond donors (Lipinski definition) is 0. The zero-order chi connectivity index (χ0) is 45.6. The molecule has 0 heterocycles. The van der Waals surface area contributed by atoms with Crippen LogP contribution in [0.1, 0.15) is 69.7 Å². The Kier molecular flexibility index (Phi) is 10.2. The first kappa shape index (κ1) is 42.7. The Balaban J connectivity index is 1.17. The molecule has 330 valence electrons. The number of aryl methyl sites for hydroxylation is 2. The summed E-state index contributed by atoms with van der Waals surface area (Å²) in [5.74, 6) is 0.791. The third kappa shape index (κ3) is 6.94. The minimum absolute atomic E-state index is 0.0462. The fourth-order valence-corrected chi connectivity index (χ4v) is 15.0. The zero-order valence-corrected chi connectivity index (χ0v) is 42.1. The van der Waals surface area contributed by atoms with Gasteiger partial charge in [-0.05, 0) is 109 Å². The van der Waals surface area contributed by atoms with Crippen molar-refractivity contribution in [3.8, 4) is 0 Å². The molecule has 66 heavy (non-hydrogen) atoms. The van der Waals surface area contributed by atoms with E-state index in [1.807, 2.05) is 0 Å². The third-order valence-electron chi connectivity index (χ3n) is 15.8. The van der Waals surface area contributed by atoms with E-state index < -0.39 is 21.6 Å². The maximum absolute atomic E-state index is 2.85. The van der Waals surface area contributed by atoms with Crippen molar-refractivity contribution in [2.24, 2.45) is 11.8 Å². The highest BCUT2D eigenvalue weighted by molar-refractivity contribution is 6.88. The Labute approximate surface area is 396 Å². The van der Waals surface area contributed by atoms with E-state index in [0.717, 1.165) is 0 Å². The fraction of sp³-hybridized carbons (Fsp3) is 0.258. The van der Waals surface area contributed by atoms with Gasteiger partial charge in [-0.3, -0.25) is 0 Å². The summed E-state index contributed by atoms with van der Waals surface area (Å²) in [4.78, 5) is 5.34. The topological polar surface area (TPSA) is 6.48 Å². The second-order valence-corrected chi connectivity index (χ2v) is 32.2. The van der Waals surface area contributed by atoms with Crippen molar-refractivity contribution in [2.45, 2.75) is 89.3 Å². The monoisotopic (exact) mass is 892 g/mol. The minimum Gasteiger partial charge on any atom is -0.334 e. The second kappa shape index (κ2) is 15.9. The van der Waals surface area contributed by atoms with Gasteiger partial charge in [0.25, 0.3) is 0 Å². The summed E-state index contributed by atoms with van der Waals surface area (Å²) >= 11 is 0. The van der Waals surface area contributed by atoms with Crippen molar-refractivity contribution in [3.05, 3.63) is 238 Å². The molecule has 1 fully saturated rings. The van der Waals surface area contributed by atoms with Crippen molar-refractivity contribution in [3.63, 3.8) is 0 Å². The summed E-state index contributed by atoms with van der Waals surface area (Å²) in [6, 6.07) is 68.0. The van der Waals surface area contributed by atoms with E-state index in [-0.39, 0.29) is 17.4 Å². The van der Waals surface area contributed by atoms with E-state index in [4.69, 9.17) is 0 Å². The molecule has 0 aromatic heterocycles. The predicted molar refractivity (Wildman–Crippen MR) is 287 cm³/mol. The molecule has 7 aromatic carbocycles. The van der Waals surface area contributed by atoms with Gasteiger partial charge in [0, 0.05) is 51.8 Å². The fourth-order valence-electron chi connectivity index (χ4n) is 12.3. The van der Waals surface area contributed by atoms with Gasteiger partial charge in [0.05, 0.1) is 27.1 Å². The Bertz CT molecular complexity index is 2950. The minimum atomic E-state index is -1.50. The summed E-state index contributed by atoms with van der Waals surface area (Å²) in [6.45, 7) is 19.3. The lowest BCUT2D eigenvalue weighted by Crippen LogP contribution is -2.43. The summed E-state index contributed by atoms with van der Waals surface area (Å²) in [5.41, 5.74) is 16.6. The number of fused-ring (bicyclic) bond motifs is 6. The van der Waals surface area contributed by atoms with Crippen LogP contribution in [-0.2, 0) is 5.41 Å². The largest absolute Gasteiger partial charge is 0.334 e. The number of benzene rings is 7. The highest BCUT2D eigenvalue weighted by Gasteiger charge is 2.62. The predicted octanol–water partition coefficient (Wildman–Crippen LogP) is 15.6.